The molecule has 1 N–H and O–H groups in total. The number of benzene rings is 1. The Hall–Kier alpha value is -3.13. The lowest BCUT2D eigenvalue weighted by Crippen LogP contribution is -2.33. The molecule has 0 atom stereocenters. The number of H-pyrrole nitrogens is 1. The lowest BCUT2D eigenvalue weighted by Gasteiger charge is -2.25. The molecule has 1 aromatic heterocycles. The topological polar surface area (TPSA) is 121 Å². The maximum absolute atomic E-state index is 9.41. The zero-order valence-corrected chi connectivity index (χ0v) is 15.5. The first-order valence-electron chi connectivity index (χ1n) is 9.10. The van der Waals surface area contributed by atoms with E-state index in [9.17, 15) is 19.8 Å². The summed E-state index contributed by atoms with van der Waals surface area (Å²) in [5, 5.41) is 26.1. The Kier molecular flexibility index (Phi) is 8.74. The molecule has 2 heterocycles. The number of hydrogen-bond acceptors (Lipinski definition) is 7. The first kappa shape index (κ1) is 21.2. The Morgan fingerprint density at radius 2 is 1.71 bits per heavy atom. The van der Waals surface area contributed by atoms with Crippen LogP contribution in [0.2, 0.25) is 0 Å². The highest BCUT2D eigenvalue weighted by atomic mass is 16.5. The second-order valence-electron chi connectivity index (χ2n) is 6.21. The normalized spacial score (nSPS) is 14.3. The number of nitrogens with zero attached hydrogens (tertiary/aromatic N) is 2. The molecule has 0 spiro atoms. The summed E-state index contributed by atoms with van der Waals surface area (Å²) < 4.78 is 5.73. The fourth-order valence-electron chi connectivity index (χ4n) is 2.74. The fraction of sp³-hybridized carbons (Fsp3) is 0.350. The van der Waals surface area contributed by atoms with E-state index in [4.69, 9.17) is 4.74 Å². The van der Waals surface area contributed by atoms with Crippen molar-refractivity contribution in [1.82, 2.24) is 15.1 Å². The van der Waals surface area contributed by atoms with Crippen molar-refractivity contribution in [2.24, 2.45) is 0 Å². The number of aromatic nitrogens is 2. The first-order valence-corrected chi connectivity index (χ1v) is 9.10. The fourth-order valence-corrected chi connectivity index (χ4v) is 2.74. The number of piperidine rings is 1. The van der Waals surface area contributed by atoms with Crippen LogP contribution in [0.4, 0.5) is 0 Å². The van der Waals surface area contributed by atoms with Crippen LogP contribution >= 0.6 is 0 Å². The number of carboxylic acid groups (broad SMARTS) is 2. The smallest absolute Gasteiger partial charge is 0.233 e. The van der Waals surface area contributed by atoms with Crippen molar-refractivity contribution in [3.63, 3.8) is 0 Å². The van der Waals surface area contributed by atoms with Crippen molar-refractivity contribution in [3.05, 3.63) is 48.6 Å². The quantitative estimate of drug-likeness (QED) is 0.665. The maximum atomic E-state index is 9.41. The minimum atomic E-state index is -1.55. The Balaban J connectivity index is 0.000000300. The van der Waals surface area contributed by atoms with Crippen molar-refractivity contribution in [2.75, 3.05) is 26.2 Å². The zero-order valence-electron chi connectivity index (χ0n) is 15.5. The number of rotatable bonds is 7. The minimum absolute atomic E-state index is 0.384. The van der Waals surface area contributed by atoms with Gasteiger partial charge in [-0.2, -0.15) is 0 Å². The molecule has 0 bridgehead atoms. The highest BCUT2D eigenvalue weighted by molar-refractivity contribution is 5.87. The molecule has 1 aliphatic heterocycles. The van der Waals surface area contributed by atoms with E-state index in [-0.39, 0.29) is 0 Å². The van der Waals surface area contributed by atoms with Gasteiger partial charge in [-0.1, -0.05) is 36.8 Å². The molecule has 8 heteroatoms. The highest BCUT2D eigenvalue weighted by Crippen LogP contribution is 2.20. The number of carbonyl (C=O) groups excluding carboxylic acids is 2. The summed E-state index contributed by atoms with van der Waals surface area (Å²) in [7, 11) is 0. The lowest BCUT2D eigenvalue weighted by molar-refractivity contribution is -0.301. The van der Waals surface area contributed by atoms with Crippen molar-refractivity contribution < 1.29 is 24.5 Å². The van der Waals surface area contributed by atoms with E-state index in [1.165, 1.54) is 32.4 Å². The van der Waals surface area contributed by atoms with Gasteiger partial charge < -0.3 is 24.5 Å². The maximum Gasteiger partial charge on any atom is 0.233 e. The van der Waals surface area contributed by atoms with Crippen LogP contribution in [0.3, 0.4) is 0 Å². The van der Waals surface area contributed by atoms with Crippen LogP contribution in [0.15, 0.2) is 48.6 Å². The van der Waals surface area contributed by atoms with Gasteiger partial charge in [-0.15, -0.1) is 5.10 Å². The molecule has 0 amide bonds. The van der Waals surface area contributed by atoms with E-state index < -0.39 is 11.9 Å². The number of nitrogens with one attached hydrogen (secondary N) is 1. The van der Waals surface area contributed by atoms with Crippen LogP contribution in [0.1, 0.15) is 19.3 Å². The molecule has 1 saturated heterocycles. The van der Waals surface area contributed by atoms with Crippen molar-refractivity contribution in [1.29, 1.82) is 0 Å². The van der Waals surface area contributed by atoms with E-state index in [0.29, 0.717) is 24.6 Å². The van der Waals surface area contributed by atoms with Crippen LogP contribution < -0.4 is 14.9 Å². The number of likely N-dealkylation sites (tertiary alicyclic amines) is 1. The molecule has 0 aliphatic carbocycles. The molecule has 0 radical (unpaired) electrons. The molecule has 0 saturated carbocycles. The summed E-state index contributed by atoms with van der Waals surface area (Å²) in [6.07, 6.45) is 4.78. The summed E-state index contributed by atoms with van der Waals surface area (Å²) in [4.78, 5) is 21.3. The summed E-state index contributed by atoms with van der Waals surface area (Å²) in [5.41, 5.74) is 2.13. The van der Waals surface area contributed by atoms with E-state index in [1.807, 2.05) is 24.3 Å². The number of hydrogen-bond donors (Lipinski definition) is 1. The molecule has 1 fully saturated rings. The Bertz CT molecular complexity index is 751. The molecule has 0 unspecified atom stereocenters. The lowest BCUT2D eigenvalue weighted by atomic mass is 10.1. The molecule has 1 aromatic carbocycles. The number of carboxylic acids is 2. The van der Waals surface area contributed by atoms with Gasteiger partial charge in [0.25, 0.3) is 0 Å². The van der Waals surface area contributed by atoms with E-state index in [0.717, 1.165) is 17.8 Å². The Labute approximate surface area is 163 Å². The molecule has 2 aromatic rings. The van der Waals surface area contributed by atoms with Crippen LogP contribution in [-0.4, -0.2) is 53.3 Å². The summed E-state index contributed by atoms with van der Waals surface area (Å²) in [6, 6.07) is 12.1. The van der Waals surface area contributed by atoms with Gasteiger partial charge in [0, 0.05) is 12.6 Å². The van der Waals surface area contributed by atoms with Gasteiger partial charge in [0.15, 0.2) is 0 Å². The van der Waals surface area contributed by atoms with Gasteiger partial charge in [0.1, 0.15) is 6.61 Å². The largest absolute Gasteiger partial charge is 0.545 e. The van der Waals surface area contributed by atoms with Gasteiger partial charge in [0.2, 0.25) is 5.88 Å². The monoisotopic (exact) mass is 385 g/mol. The predicted molar refractivity (Wildman–Crippen MR) is 99.0 cm³/mol. The van der Waals surface area contributed by atoms with Gasteiger partial charge in [0.05, 0.1) is 17.6 Å². The van der Waals surface area contributed by atoms with Gasteiger partial charge in [-0.25, -0.2) is 0 Å². The molecule has 3 rings (SSSR count). The zero-order chi connectivity index (χ0) is 20.2. The number of aliphatic carboxylic acids is 2. The third kappa shape index (κ3) is 8.05. The Morgan fingerprint density at radius 3 is 2.32 bits per heavy atom. The number of carbonyl (C=O) groups is 2. The standard InChI is InChI=1S/C16H21N3O.C4H4O4/c1-3-7-14(8-4-1)15-13-16(18-17-15)20-12-11-19-9-5-2-6-10-19;5-3(6)1-2-4(7)8/h1,3-4,7-8,13H,2,5-6,9-12H2,(H,17,18);1-2H,(H,5,6)(H,7,8)/p-2/b;2-1-. The number of ether oxygens (including phenoxy) is 1. The second-order valence-corrected chi connectivity index (χ2v) is 6.21. The summed E-state index contributed by atoms with van der Waals surface area (Å²) in [6.45, 7) is 4.12. The van der Waals surface area contributed by atoms with E-state index in [2.05, 4.69) is 27.2 Å². The first-order chi connectivity index (χ1) is 13.5. The van der Waals surface area contributed by atoms with Crippen LogP contribution in [0, 0.1) is 0 Å². The van der Waals surface area contributed by atoms with Crippen LogP contribution in [0.25, 0.3) is 11.3 Å². The Morgan fingerprint density at radius 1 is 1.07 bits per heavy atom. The van der Waals surface area contributed by atoms with Crippen molar-refractivity contribution in [2.45, 2.75) is 19.3 Å². The highest BCUT2D eigenvalue weighted by Gasteiger charge is 2.10. The third-order valence-corrected chi connectivity index (χ3v) is 4.10. The minimum Gasteiger partial charge on any atom is -0.545 e. The van der Waals surface area contributed by atoms with Crippen LogP contribution in [-0.2, 0) is 9.59 Å². The molecule has 1 aliphatic rings. The van der Waals surface area contributed by atoms with E-state index in [1.54, 1.807) is 0 Å². The molecule has 8 nitrogen and oxygen atoms in total. The van der Waals surface area contributed by atoms with E-state index >= 15 is 0 Å². The molecule has 150 valence electrons. The van der Waals surface area contributed by atoms with Gasteiger partial charge in [-0.05, 0) is 43.6 Å². The predicted octanol–water partition coefficient (Wildman–Crippen LogP) is -0.0162. The average molecular weight is 385 g/mol. The molecular formula is C20H23N3O5-2. The third-order valence-electron chi connectivity index (χ3n) is 4.10. The second kappa shape index (κ2) is 11.6. The number of aromatic amines is 1. The molecular weight excluding hydrogens is 362 g/mol. The summed E-state index contributed by atoms with van der Waals surface area (Å²) in [5.74, 6) is -2.41. The summed E-state index contributed by atoms with van der Waals surface area (Å²) >= 11 is 0. The van der Waals surface area contributed by atoms with Crippen LogP contribution in [0.5, 0.6) is 5.88 Å². The average Bonchev–Trinajstić information content (AvgIpc) is 3.17. The van der Waals surface area contributed by atoms with Gasteiger partial charge >= 0.3 is 0 Å². The van der Waals surface area contributed by atoms with Crippen molar-refractivity contribution in [3.8, 4) is 17.1 Å². The SMILES string of the molecule is O=C([O-])/C=C\C(=O)[O-].c1ccc(-c2cc(OCCN3CCCCC3)n[nH]2)cc1. The van der Waals surface area contributed by atoms with Crippen molar-refractivity contribution >= 4 is 11.9 Å². The molecule has 28 heavy (non-hydrogen) atoms. The van der Waals surface area contributed by atoms with Gasteiger partial charge in [-0.3, -0.25) is 10.00 Å².